The van der Waals surface area contributed by atoms with Gasteiger partial charge in [0.05, 0.1) is 0 Å². The molecule has 0 saturated heterocycles. The number of aliphatic imine (C=N–C) groups is 2. The number of rotatable bonds is 2. The summed E-state index contributed by atoms with van der Waals surface area (Å²) in [4.78, 5) is 11.8. The second-order valence-electron chi connectivity index (χ2n) is 2.88. The Kier molecular flexibility index (Phi) is 3.73. The Hall–Kier alpha value is -1.77. The van der Waals surface area contributed by atoms with Crippen LogP contribution in [0.4, 0.5) is 0 Å². The minimum atomic E-state index is 0.665. The molecular weight excluding hydrogens is 174 g/mol. The average Bonchev–Trinajstić information content (AvgIpc) is 2.26. The first-order valence-electron chi connectivity index (χ1n) is 4.32. The number of allylic oxidation sites excluding steroid dienone is 1. The van der Waals surface area contributed by atoms with E-state index in [1.54, 1.807) is 18.6 Å². The van der Waals surface area contributed by atoms with Gasteiger partial charge in [0, 0.05) is 18.6 Å². The van der Waals surface area contributed by atoms with Crippen LogP contribution in [-0.2, 0) is 0 Å². The minimum absolute atomic E-state index is 0.665. The highest BCUT2D eigenvalue weighted by molar-refractivity contribution is 5.84. The van der Waals surface area contributed by atoms with Gasteiger partial charge in [-0.1, -0.05) is 0 Å². The Morgan fingerprint density at radius 1 is 1.36 bits per heavy atom. The lowest BCUT2D eigenvalue weighted by Gasteiger charge is -1.97. The fourth-order valence-electron chi connectivity index (χ4n) is 0.920. The van der Waals surface area contributed by atoms with Crippen molar-refractivity contribution in [2.45, 2.75) is 13.8 Å². The van der Waals surface area contributed by atoms with Crippen molar-refractivity contribution in [3.8, 4) is 0 Å². The predicted molar refractivity (Wildman–Crippen MR) is 60.5 cm³/mol. The molecule has 0 radical (unpaired) electrons. The first kappa shape index (κ1) is 10.3. The predicted octanol–water partition coefficient (Wildman–Crippen LogP) is 2.56. The van der Waals surface area contributed by atoms with Crippen LogP contribution < -0.4 is 0 Å². The summed E-state index contributed by atoms with van der Waals surface area (Å²) in [5, 5.41) is 0. The van der Waals surface area contributed by atoms with Crippen LogP contribution in [0.1, 0.15) is 19.4 Å². The normalized spacial score (nSPS) is 12.7. The van der Waals surface area contributed by atoms with Crippen molar-refractivity contribution in [2.75, 3.05) is 0 Å². The quantitative estimate of drug-likeness (QED) is 0.518. The highest BCUT2D eigenvalue weighted by Crippen LogP contribution is 2.11. The molecule has 0 amide bonds. The van der Waals surface area contributed by atoms with E-state index < -0.39 is 0 Å². The molecule has 0 saturated carbocycles. The summed E-state index contributed by atoms with van der Waals surface area (Å²) < 4.78 is 0. The largest absolute Gasteiger partial charge is 0.265 e. The molecule has 0 N–H and O–H groups in total. The molecule has 14 heavy (non-hydrogen) atoms. The van der Waals surface area contributed by atoms with Gasteiger partial charge in [-0.2, -0.15) is 0 Å². The van der Waals surface area contributed by atoms with Crippen LogP contribution in [0.15, 0.2) is 40.7 Å². The summed E-state index contributed by atoms with van der Waals surface area (Å²) in [6, 6.07) is 3.88. The first-order chi connectivity index (χ1) is 6.74. The van der Waals surface area contributed by atoms with E-state index in [1.165, 1.54) is 0 Å². The molecule has 0 aliphatic carbocycles. The van der Waals surface area contributed by atoms with Gasteiger partial charge in [-0.3, -0.25) is 4.98 Å². The molecule has 0 spiro atoms. The second kappa shape index (κ2) is 5.07. The Labute approximate surface area is 83.9 Å². The topological polar surface area (TPSA) is 37.6 Å². The van der Waals surface area contributed by atoms with Crippen molar-refractivity contribution in [3.63, 3.8) is 0 Å². The van der Waals surface area contributed by atoms with Gasteiger partial charge in [0.15, 0.2) is 0 Å². The summed E-state index contributed by atoms with van der Waals surface area (Å²) in [5.41, 5.74) is 2.19. The molecule has 3 nitrogen and oxygen atoms in total. The second-order valence-corrected chi connectivity index (χ2v) is 2.88. The summed E-state index contributed by atoms with van der Waals surface area (Å²) >= 11 is 0. The van der Waals surface area contributed by atoms with E-state index in [9.17, 15) is 0 Å². The van der Waals surface area contributed by atoms with Gasteiger partial charge in [0.1, 0.15) is 5.84 Å². The van der Waals surface area contributed by atoms with Gasteiger partial charge in [0.2, 0.25) is 0 Å². The van der Waals surface area contributed by atoms with Crippen molar-refractivity contribution in [3.05, 3.63) is 36.3 Å². The molecule has 0 fully saturated rings. The molecule has 0 atom stereocenters. The van der Waals surface area contributed by atoms with E-state index in [2.05, 4.69) is 21.7 Å². The molecule has 0 aliphatic rings. The third kappa shape index (κ3) is 2.94. The summed E-state index contributed by atoms with van der Waals surface area (Å²) in [5.74, 6) is 0.665. The third-order valence-corrected chi connectivity index (χ3v) is 1.81. The molecule has 1 rings (SSSR count). The lowest BCUT2D eigenvalue weighted by atomic mass is 10.1. The monoisotopic (exact) mass is 187 g/mol. The van der Waals surface area contributed by atoms with Crippen LogP contribution >= 0.6 is 0 Å². The zero-order valence-corrected chi connectivity index (χ0v) is 8.44. The van der Waals surface area contributed by atoms with Crippen molar-refractivity contribution < 1.29 is 0 Å². The lowest BCUT2D eigenvalue weighted by Crippen LogP contribution is -1.83. The van der Waals surface area contributed by atoms with Crippen LogP contribution in [0.25, 0.3) is 5.57 Å². The molecule has 0 aliphatic heterocycles. The molecule has 1 aromatic rings. The Morgan fingerprint density at radius 3 is 2.57 bits per heavy atom. The van der Waals surface area contributed by atoms with Gasteiger partial charge < -0.3 is 0 Å². The highest BCUT2D eigenvalue weighted by atomic mass is 14.9. The lowest BCUT2D eigenvalue weighted by molar-refractivity contribution is 1.31. The van der Waals surface area contributed by atoms with Gasteiger partial charge in [-0.25, -0.2) is 9.98 Å². The standard InChI is InChI=1S/C11H13N3/c1-9(8-14-10(2)12-3)11-4-6-13-7-5-11/h4-8H,3H2,1-2H3/b9-8+,14-10?. The van der Waals surface area contributed by atoms with E-state index in [4.69, 9.17) is 0 Å². The molecule has 72 valence electrons. The number of pyridine rings is 1. The number of aromatic nitrogens is 1. The van der Waals surface area contributed by atoms with Crippen LogP contribution in [0.5, 0.6) is 0 Å². The molecular formula is C11H13N3. The van der Waals surface area contributed by atoms with Gasteiger partial charge >= 0.3 is 0 Å². The van der Waals surface area contributed by atoms with Gasteiger partial charge in [-0.05, 0) is 43.8 Å². The van der Waals surface area contributed by atoms with E-state index >= 15 is 0 Å². The minimum Gasteiger partial charge on any atom is -0.265 e. The fourth-order valence-corrected chi connectivity index (χ4v) is 0.920. The SMILES string of the molecule is C=NC(C)=N/C=C(\C)c1ccncc1. The van der Waals surface area contributed by atoms with Crippen molar-refractivity contribution in [1.82, 2.24) is 4.98 Å². The van der Waals surface area contributed by atoms with E-state index in [0.717, 1.165) is 11.1 Å². The van der Waals surface area contributed by atoms with E-state index in [-0.39, 0.29) is 0 Å². The van der Waals surface area contributed by atoms with Crippen molar-refractivity contribution in [1.29, 1.82) is 0 Å². The number of nitrogens with zero attached hydrogens (tertiary/aromatic N) is 3. The van der Waals surface area contributed by atoms with E-state index in [0.29, 0.717) is 5.84 Å². The maximum atomic E-state index is 4.12. The van der Waals surface area contributed by atoms with Crippen LogP contribution in [0, 0.1) is 0 Å². The van der Waals surface area contributed by atoms with E-state index in [1.807, 2.05) is 26.0 Å². The van der Waals surface area contributed by atoms with Gasteiger partial charge in [-0.15, -0.1) is 0 Å². The van der Waals surface area contributed by atoms with Crippen LogP contribution in [0.2, 0.25) is 0 Å². The number of amidine groups is 1. The smallest absolute Gasteiger partial charge is 0.124 e. The summed E-state index contributed by atoms with van der Waals surface area (Å²) in [7, 11) is 0. The summed E-state index contributed by atoms with van der Waals surface area (Å²) in [6.07, 6.45) is 5.29. The zero-order chi connectivity index (χ0) is 10.4. The highest BCUT2D eigenvalue weighted by Gasteiger charge is 1.92. The number of hydrogen-bond acceptors (Lipinski definition) is 2. The Bertz CT molecular complexity index is 363. The molecule has 1 aromatic heterocycles. The zero-order valence-electron chi connectivity index (χ0n) is 8.44. The number of hydrogen-bond donors (Lipinski definition) is 0. The molecule has 0 aromatic carbocycles. The molecule has 0 bridgehead atoms. The van der Waals surface area contributed by atoms with Crippen LogP contribution in [0.3, 0.4) is 0 Å². The van der Waals surface area contributed by atoms with Crippen molar-refractivity contribution >= 4 is 18.1 Å². The molecule has 1 heterocycles. The molecule has 0 unspecified atom stereocenters. The maximum absolute atomic E-state index is 4.12. The Balaban J connectivity index is 2.86. The molecule has 3 heteroatoms. The van der Waals surface area contributed by atoms with Gasteiger partial charge in [0.25, 0.3) is 0 Å². The van der Waals surface area contributed by atoms with Crippen molar-refractivity contribution in [2.24, 2.45) is 9.98 Å². The fraction of sp³-hybridized carbons (Fsp3) is 0.182. The Morgan fingerprint density at radius 2 is 2.00 bits per heavy atom. The average molecular weight is 187 g/mol. The van der Waals surface area contributed by atoms with Crippen LogP contribution in [-0.4, -0.2) is 17.5 Å². The maximum Gasteiger partial charge on any atom is 0.124 e. The first-order valence-corrected chi connectivity index (χ1v) is 4.32. The third-order valence-electron chi connectivity index (χ3n) is 1.81. The summed E-state index contributed by atoms with van der Waals surface area (Å²) in [6.45, 7) is 7.20.